The van der Waals surface area contributed by atoms with Crippen molar-refractivity contribution in [3.8, 4) is 5.69 Å². The van der Waals surface area contributed by atoms with Crippen LogP contribution in [0.25, 0.3) is 16.5 Å². The number of ketones is 1. The van der Waals surface area contributed by atoms with Crippen molar-refractivity contribution in [1.29, 1.82) is 0 Å². The van der Waals surface area contributed by atoms with Crippen molar-refractivity contribution in [3.63, 3.8) is 0 Å². The molecular weight excluding hydrogens is 562 g/mol. The van der Waals surface area contributed by atoms with Crippen LogP contribution in [0.1, 0.15) is 50.2 Å². The number of aromatic nitrogens is 3. The van der Waals surface area contributed by atoms with E-state index in [0.717, 1.165) is 27.2 Å². The average molecular weight is 590 g/mol. The summed E-state index contributed by atoms with van der Waals surface area (Å²) in [4.78, 5) is 51.8. The summed E-state index contributed by atoms with van der Waals surface area (Å²) in [5, 5.41) is 14.4. The number of fused-ring (bicyclic) bond motifs is 2. The van der Waals surface area contributed by atoms with Gasteiger partial charge in [-0.2, -0.15) is 0 Å². The van der Waals surface area contributed by atoms with Gasteiger partial charge in [0.05, 0.1) is 28.3 Å². The molecule has 0 aliphatic carbocycles. The highest BCUT2D eigenvalue weighted by Crippen LogP contribution is 2.31. The number of nitrogens with one attached hydrogen (secondary N) is 1. The monoisotopic (exact) mass is 589 g/mol. The third kappa shape index (κ3) is 5.56. The first kappa shape index (κ1) is 28.0. The van der Waals surface area contributed by atoms with E-state index in [0.29, 0.717) is 46.9 Å². The number of thioether (sulfide) groups is 1. The van der Waals surface area contributed by atoms with Crippen LogP contribution < -0.4 is 10.2 Å². The number of amides is 3. The van der Waals surface area contributed by atoms with Crippen molar-refractivity contribution in [2.24, 2.45) is 0 Å². The zero-order valence-corrected chi connectivity index (χ0v) is 24.1. The number of imide groups is 1. The summed E-state index contributed by atoms with van der Waals surface area (Å²) in [6, 6.07) is 27.3. The van der Waals surface area contributed by atoms with Crippen LogP contribution in [0.5, 0.6) is 0 Å². The van der Waals surface area contributed by atoms with Crippen LogP contribution >= 0.6 is 11.8 Å². The van der Waals surface area contributed by atoms with Gasteiger partial charge in [-0.25, -0.2) is 4.90 Å². The van der Waals surface area contributed by atoms with Crippen molar-refractivity contribution >= 4 is 51.7 Å². The van der Waals surface area contributed by atoms with E-state index in [-0.39, 0.29) is 17.4 Å². The van der Waals surface area contributed by atoms with E-state index in [1.165, 1.54) is 18.7 Å². The summed E-state index contributed by atoms with van der Waals surface area (Å²) in [6.07, 6.45) is 1.25. The molecule has 1 N–H and O–H groups in total. The summed E-state index contributed by atoms with van der Waals surface area (Å²) in [5.74, 6) is -0.284. The Morgan fingerprint density at radius 1 is 0.837 bits per heavy atom. The molecular formula is C33H27N5O4S. The highest BCUT2D eigenvalue weighted by molar-refractivity contribution is 7.99. The van der Waals surface area contributed by atoms with Gasteiger partial charge in [-0.15, -0.1) is 10.2 Å². The van der Waals surface area contributed by atoms with Crippen molar-refractivity contribution < 1.29 is 19.2 Å². The van der Waals surface area contributed by atoms with Gasteiger partial charge in [-0.3, -0.25) is 23.7 Å². The lowest BCUT2D eigenvalue weighted by molar-refractivity contribution is -0.118. The molecule has 10 heteroatoms. The quantitative estimate of drug-likeness (QED) is 0.102. The molecule has 3 amide bonds. The van der Waals surface area contributed by atoms with Crippen molar-refractivity contribution in [3.05, 3.63) is 114 Å². The highest BCUT2D eigenvalue weighted by atomic mass is 32.2. The van der Waals surface area contributed by atoms with Crippen molar-refractivity contribution in [2.75, 3.05) is 17.2 Å². The lowest BCUT2D eigenvalue weighted by Gasteiger charge is -2.15. The smallest absolute Gasteiger partial charge is 0.266 e. The fourth-order valence-electron chi connectivity index (χ4n) is 5.17. The minimum absolute atomic E-state index is 0.0698. The Labute approximate surface area is 251 Å². The second kappa shape index (κ2) is 12.0. The van der Waals surface area contributed by atoms with E-state index in [9.17, 15) is 19.2 Å². The molecule has 0 atom stereocenters. The van der Waals surface area contributed by atoms with Crippen molar-refractivity contribution in [2.45, 2.75) is 24.9 Å². The van der Waals surface area contributed by atoms with Crippen LogP contribution in [0.15, 0.2) is 96.2 Å². The van der Waals surface area contributed by atoms with Gasteiger partial charge in [-0.05, 0) is 42.1 Å². The molecule has 0 saturated carbocycles. The van der Waals surface area contributed by atoms with E-state index in [2.05, 4.69) is 15.5 Å². The zero-order chi connectivity index (χ0) is 29.9. The van der Waals surface area contributed by atoms with E-state index in [1.807, 2.05) is 47.0 Å². The molecule has 0 spiro atoms. The minimum Gasteiger partial charge on any atom is -0.356 e. The fraction of sp³-hybridized carbons (Fsp3) is 0.152. The normalized spacial score (nSPS) is 12.5. The molecule has 1 aliphatic rings. The van der Waals surface area contributed by atoms with Crippen LogP contribution in [0.4, 0.5) is 5.69 Å². The first-order chi connectivity index (χ1) is 20.9. The number of carbonyl (C=O) groups is 4. The molecule has 4 aromatic carbocycles. The predicted octanol–water partition coefficient (Wildman–Crippen LogP) is 5.26. The molecule has 0 saturated heterocycles. The topological polar surface area (TPSA) is 114 Å². The Hall–Kier alpha value is -5.09. The van der Waals surface area contributed by atoms with Gasteiger partial charge in [-0.1, -0.05) is 72.4 Å². The number of hydrogen-bond acceptors (Lipinski definition) is 7. The summed E-state index contributed by atoms with van der Waals surface area (Å²) >= 11 is 1.27. The standard InChI is InChI=1S/C33H27N5O4S/c1-21(39)34-18-8-17-30-35-36-33(38(30)28-16-7-10-22-9-2-3-13-25(22)28)43-20-29(40)23-11-6-12-24(19-23)37-31(41)26-14-4-5-15-27(26)32(37)42/h2-7,9-16,19H,8,17-18,20H2,1H3,(H,34,39). The number of carbonyl (C=O) groups excluding carboxylic acids is 4. The van der Waals surface area contributed by atoms with Crippen LogP contribution in [0, 0.1) is 0 Å². The van der Waals surface area contributed by atoms with E-state index >= 15 is 0 Å². The Morgan fingerprint density at radius 3 is 2.30 bits per heavy atom. The van der Waals surface area contributed by atoms with Gasteiger partial charge < -0.3 is 5.32 Å². The average Bonchev–Trinajstić information content (AvgIpc) is 3.55. The number of benzene rings is 4. The van der Waals surface area contributed by atoms with E-state index in [4.69, 9.17) is 0 Å². The Morgan fingerprint density at radius 2 is 1.53 bits per heavy atom. The molecule has 9 nitrogen and oxygen atoms in total. The summed E-state index contributed by atoms with van der Waals surface area (Å²) < 4.78 is 1.98. The first-order valence-electron chi connectivity index (χ1n) is 13.8. The van der Waals surface area contributed by atoms with Gasteiger partial charge in [0.2, 0.25) is 5.91 Å². The maximum atomic E-state index is 13.4. The van der Waals surface area contributed by atoms with Crippen LogP contribution in [-0.4, -0.2) is 50.6 Å². The van der Waals surface area contributed by atoms with Crippen LogP contribution in [0.3, 0.4) is 0 Å². The molecule has 6 rings (SSSR count). The molecule has 214 valence electrons. The van der Waals surface area contributed by atoms with Gasteiger partial charge >= 0.3 is 0 Å². The highest BCUT2D eigenvalue weighted by Gasteiger charge is 2.36. The zero-order valence-electron chi connectivity index (χ0n) is 23.3. The minimum atomic E-state index is -0.409. The maximum Gasteiger partial charge on any atom is 0.266 e. The fourth-order valence-corrected chi connectivity index (χ4v) is 6.03. The number of aryl methyl sites for hydroxylation is 1. The molecule has 0 radical (unpaired) electrons. The van der Waals surface area contributed by atoms with Gasteiger partial charge in [0.25, 0.3) is 11.8 Å². The van der Waals surface area contributed by atoms with Gasteiger partial charge in [0.15, 0.2) is 10.9 Å². The van der Waals surface area contributed by atoms with Gasteiger partial charge in [0.1, 0.15) is 5.82 Å². The molecule has 1 aromatic heterocycles. The lowest BCUT2D eigenvalue weighted by atomic mass is 10.1. The molecule has 0 bridgehead atoms. The molecule has 1 aliphatic heterocycles. The molecule has 0 fully saturated rings. The molecule has 5 aromatic rings. The second-order valence-corrected chi connectivity index (χ2v) is 11.0. The number of nitrogens with zero attached hydrogens (tertiary/aromatic N) is 4. The van der Waals surface area contributed by atoms with Crippen molar-refractivity contribution in [1.82, 2.24) is 20.1 Å². The largest absolute Gasteiger partial charge is 0.356 e. The summed E-state index contributed by atoms with van der Waals surface area (Å²) in [6.45, 7) is 2.00. The van der Waals surface area contributed by atoms with Crippen LogP contribution in [-0.2, 0) is 11.2 Å². The van der Waals surface area contributed by atoms with Gasteiger partial charge in [0, 0.05) is 30.8 Å². The maximum absolute atomic E-state index is 13.4. The van der Waals surface area contributed by atoms with E-state index < -0.39 is 11.8 Å². The molecule has 43 heavy (non-hydrogen) atoms. The SMILES string of the molecule is CC(=O)NCCCc1nnc(SCC(=O)c2cccc(N3C(=O)c4ccccc4C3=O)c2)n1-c1cccc2ccccc12. The summed E-state index contributed by atoms with van der Waals surface area (Å²) in [7, 11) is 0. The second-order valence-electron chi connectivity index (χ2n) is 10.1. The summed E-state index contributed by atoms with van der Waals surface area (Å²) in [5.41, 5.74) is 2.33. The Bertz CT molecular complexity index is 1860. The number of rotatable bonds is 10. The molecule has 2 heterocycles. The predicted molar refractivity (Wildman–Crippen MR) is 165 cm³/mol. The third-order valence-electron chi connectivity index (χ3n) is 7.21. The Balaban J connectivity index is 1.25. The Kier molecular flexibility index (Phi) is 7.84. The van der Waals surface area contributed by atoms with Crippen LogP contribution in [0.2, 0.25) is 0 Å². The third-order valence-corrected chi connectivity index (χ3v) is 8.14. The number of hydrogen-bond donors (Lipinski definition) is 1. The first-order valence-corrected chi connectivity index (χ1v) is 14.8. The van der Waals surface area contributed by atoms with E-state index in [1.54, 1.807) is 48.5 Å². The number of Topliss-reactive ketones (excluding diaryl/α,β-unsaturated/α-hetero) is 1. The number of anilines is 1. The lowest BCUT2D eigenvalue weighted by Crippen LogP contribution is -2.29. The molecule has 0 unspecified atom stereocenters.